The van der Waals surface area contributed by atoms with Gasteiger partial charge in [0.05, 0.1) is 33.4 Å². The number of nitrogens with one attached hydrogen (secondary N) is 3. The number of ether oxygens (including phenoxy) is 1. The molecule has 232 valence electrons. The predicted octanol–water partition coefficient (Wildman–Crippen LogP) is 4.86. The smallest absolute Gasteiger partial charge is 0.452 e. The fourth-order valence-corrected chi connectivity index (χ4v) is 5.46. The standard InChI is InChI=1S/C30H28BrF3N4O5S/c1-16(2)24(26(39)30(32,33)34)37-29(42)25(19-7-9-20(43-3)10-8-19)38-27(40)21(14-17-5-4-6-18(13-17)15-35)36-28(41)22-11-12-23(31)44-22/h4-13,16,21,24-25H,14H2,1-3H3,(H,36,41)(H,37,42)(H,38,40)/t21-,24-,25?/m0/s1. The Labute approximate surface area is 263 Å². The molecule has 0 saturated heterocycles. The second kappa shape index (κ2) is 15.0. The van der Waals surface area contributed by atoms with Crippen molar-refractivity contribution in [3.8, 4) is 11.8 Å². The number of carbonyl (C=O) groups is 4. The molecule has 9 nitrogen and oxygen atoms in total. The van der Waals surface area contributed by atoms with Crippen LogP contribution in [-0.4, -0.2) is 48.9 Å². The van der Waals surface area contributed by atoms with Crippen LogP contribution in [0.5, 0.6) is 5.75 Å². The van der Waals surface area contributed by atoms with Crippen molar-refractivity contribution in [2.45, 2.75) is 44.6 Å². The summed E-state index contributed by atoms with van der Waals surface area (Å²) in [6, 6.07) is 12.7. The van der Waals surface area contributed by atoms with E-state index in [2.05, 4.69) is 31.9 Å². The number of ketones is 1. The molecular formula is C30H28BrF3N4O5S. The molecule has 3 rings (SSSR count). The quantitative estimate of drug-likeness (QED) is 0.248. The highest BCUT2D eigenvalue weighted by molar-refractivity contribution is 9.11. The van der Waals surface area contributed by atoms with Gasteiger partial charge in [-0.3, -0.25) is 19.2 Å². The van der Waals surface area contributed by atoms with Crippen LogP contribution in [0.4, 0.5) is 13.2 Å². The van der Waals surface area contributed by atoms with E-state index in [1.165, 1.54) is 51.3 Å². The van der Waals surface area contributed by atoms with Crippen LogP contribution in [0.25, 0.3) is 0 Å². The van der Waals surface area contributed by atoms with Crippen molar-refractivity contribution in [1.82, 2.24) is 16.0 Å². The molecule has 1 heterocycles. The van der Waals surface area contributed by atoms with Crippen molar-refractivity contribution in [2.24, 2.45) is 5.92 Å². The molecule has 3 amide bonds. The monoisotopic (exact) mass is 692 g/mol. The van der Waals surface area contributed by atoms with Gasteiger partial charge in [-0.1, -0.05) is 38.1 Å². The lowest BCUT2D eigenvalue weighted by Crippen LogP contribution is -2.55. The highest BCUT2D eigenvalue weighted by atomic mass is 79.9. The maximum Gasteiger partial charge on any atom is 0.452 e. The number of alkyl halides is 3. The number of Topliss-reactive ketones (excluding diaryl/α,β-unsaturated/α-hetero) is 1. The highest BCUT2D eigenvalue weighted by Crippen LogP contribution is 2.24. The van der Waals surface area contributed by atoms with Gasteiger partial charge in [0.1, 0.15) is 17.8 Å². The Kier molecular flexibility index (Phi) is 11.7. The van der Waals surface area contributed by atoms with Crippen molar-refractivity contribution < 1.29 is 37.1 Å². The first-order valence-corrected chi connectivity index (χ1v) is 14.8. The van der Waals surface area contributed by atoms with Crippen molar-refractivity contribution in [1.29, 1.82) is 5.26 Å². The second-order valence-corrected chi connectivity index (χ2v) is 12.4. The fourth-order valence-electron chi connectivity index (χ4n) is 4.17. The van der Waals surface area contributed by atoms with Crippen LogP contribution in [-0.2, 0) is 20.8 Å². The number of hydrogen-bond acceptors (Lipinski definition) is 7. The van der Waals surface area contributed by atoms with Crippen molar-refractivity contribution in [3.63, 3.8) is 0 Å². The molecule has 3 aromatic rings. The minimum atomic E-state index is -5.20. The van der Waals surface area contributed by atoms with E-state index in [9.17, 15) is 37.6 Å². The Hall–Kier alpha value is -4.22. The normalized spacial score (nSPS) is 13.2. The molecule has 0 aliphatic carbocycles. The highest BCUT2D eigenvalue weighted by Gasteiger charge is 2.45. The molecule has 0 bridgehead atoms. The number of benzene rings is 2. The van der Waals surface area contributed by atoms with Crippen LogP contribution >= 0.6 is 27.3 Å². The minimum Gasteiger partial charge on any atom is -0.497 e. The number of carbonyl (C=O) groups excluding carboxylic acids is 4. The fraction of sp³-hybridized carbons (Fsp3) is 0.300. The Morgan fingerprint density at radius 3 is 2.20 bits per heavy atom. The first-order valence-electron chi connectivity index (χ1n) is 13.1. The minimum absolute atomic E-state index is 0.0855. The topological polar surface area (TPSA) is 137 Å². The Morgan fingerprint density at radius 2 is 1.66 bits per heavy atom. The number of methoxy groups -OCH3 is 1. The van der Waals surface area contributed by atoms with Crippen LogP contribution in [0.2, 0.25) is 0 Å². The molecule has 1 aromatic heterocycles. The van der Waals surface area contributed by atoms with Gasteiger partial charge in [-0.15, -0.1) is 11.3 Å². The summed E-state index contributed by atoms with van der Waals surface area (Å²) >= 11 is 4.41. The second-order valence-electron chi connectivity index (χ2n) is 9.95. The summed E-state index contributed by atoms with van der Waals surface area (Å²) in [5, 5.41) is 16.6. The summed E-state index contributed by atoms with van der Waals surface area (Å²) in [4.78, 5) is 52.7. The Bertz CT molecular complexity index is 1550. The van der Waals surface area contributed by atoms with E-state index in [1.807, 2.05) is 6.07 Å². The number of halogens is 4. The van der Waals surface area contributed by atoms with Gasteiger partial charge in [0.2, 0.25) is 11.8 Å². The van der Waals surface area contributed by atoms with E-state index in [0.29, 0.717) is 20.7 Å². The van der Waals surface area contributed by atoms with E-state index < -0.39 is 53.7 Å². The summed E-state index contributed by atoms with van der Waals surface area (Å²) < 4.78 is 45.7. The first kappa shape index (κ1) is 34.3. The molecule has 0 radical (unpaired) electrons. The van der Waals surface area contributed by atoms with Gasteiger partial charge >= 0.3 is 6.18 Å². The third-order valence-corrected chi connectivity index (χ3v) is 8.06. The summed E-state index contributed by atoms with van der Waals surface area (Å²) in [7, 11) is 1.41. The third-order valence-electron chi connectivity index (χ3n) is 6.44. The van der Waals surface area contributed by atoms with Gasteiger partial charge < -0.3 is 20.7 Å². The first-order chi connectivity index (χ1) is 20.7. The van der Waals surface area contributed by atoms with Gasteiger partial charge in [-0.2, -0.15) is 18.4 Å². The van der Waals surface area contributed by atoms with E-state index in [4.69, 9.17) is 4.74 Å². The molecular weight excluding hydrogens is 665 g/mol. The molecule has 44 heavy (non-hydrogen) atoms. The lowest BCUT2D eigenvalue weighted by atomic mass is 9.97. The summed E-state index contributed by atoms with van der Waals surface area (Å²) in [6.07, 6.45) is -5.29. The molecule has 3 atom stereocenters. The average Bonchev–Trinajstić information content (AvgIpc) is 3.43. The molecule has 1 unspecified atom stereocenters. The van der Waals surface area contributed by atoms with Crippen LogP contribution in [0, 0.1) is 17.2 Å². The Balaban J connectivity index is 1.97. The zero-order valence-corrected chi connectivity index (χ0v) is 26.1. The molecule has 2 aromatic carbocycles. The lowest BCUT2D eigenvalue weighted by Gasteiger charge is -2.27. The van der Waals surface area contributed by atoms with Crippen molar-refractivity contribution in [3.05, 3.63) is 86.0 Å². The number of thiophene rings is 1. The predicted molar refractivity (Wildman–Crippen MR) is 160 cm³/mol. The van der Waals surface area contributed by atoms with Gasteiger partial charge in [0.15, 0.2) is 0 Å². The number of nitrogens with zero attached hydrogens (tertiary/aromatic N) is 1. The molecule has 0 aliphatic rings. The number of hydrogen-bond donors (Lipinski definition) is 3. The average molecular weight is 694 g/mol. The maximum atomic E-state index is 13.7. The van der Waals surface area contributed by atoms with Gasteiger partial charge in [0.25, 0.3) is 11.7 Å². The Morgan fingerprint density at radius 1 is 0.977 bits per heavy atom. The van der Waals surface area contributed by atoms with E-state index in [1.54, 1.807) is 30.3 Å². The SMILES string of the molecule is COc1ccc(C(NC(=O)[C@H](Cc2cccc(C#N)c2)NC(=O)c2ccc(Br)s2)C(=O)N[C@H](C(=O)C(F)(F)F)C(C)C)cc1. The molecule has 0 aliphatic heterocycles. The molecule has 0 saturated carbocycles. The number of rotatable bonds is 12. The zero-order valence-electron chi connectivity index (χ0n) is 23.7. The maximum absolute atomic E-state index is 13.7. The lowest BCUT2D eigenvalue weighted by molar-refractivity contribution is -0.175. The van der Waals surface area contributed by atoms with Crippen molar-refractivity contribution >= 4 is 50.8 Å². The van der Waals surface area contributed by atoms with Crippen LogP contribution in [0.1, 0.15) is 46.3 Å². The molecule has 14 heteroatoms. The van der Waals surface area contributed by atoms with Crippen LogP contribution in [0.15, 0.2) is 64.5 Å². The van der Waals surface area contributed by atoms with E-state index in [-0.39, 0.29) is 16.9 Å². The molecule has 3 N–H and O–H groups in total. The summed E-state index contributed by atoms with van der Waals surface area (Å²) in [5.74, 6) is -5.14. The van der Waals surface area contributed by atoms with Crippen LogP contribution < -0.4 is 20.7 Å². The van der Waals surface area contributed by atoms with Gasteiger partial charge in [-0.05, 0) is 69.4 Å². The summed E-state index contributed by atoms with van der Waals surface area (Å²) in [5.41, 5.74) is 1.02. The van der Waals surface area contributed by atoms with Gasteiger partial charge in [0, 0.05) is 6.42 Å². The third kappa shape index (κ3) is 9.14. The molecule has 0 spiro atoms. The number of amides is 3. The van der Waals surface area contributed by atoms with Crippen molar-refractivity contribution in [2.75, 3.05) is 7.11 Å². The number of nitriles is 1. The zero-order chi connectivity index (χ0) is 32.6. The summed E-state index contributed by atoms with van der Waals surface area (Å²) in [6.45, 7) is 2.69. The largest absolute Gasteiger partial charge is 0.497 e. The van der Waals surface area contributed by atoms with Gasteiger partial charge in [-0.25, -0.2) is 0 Å². The van der Waals surface area contributed by atoms with E-state index in [0.717, 1.165) is 11.3 Å². The van der Waals surface area contributed by atoms with E-state index >= 15 is 0 Å². The molecule has 0 fully saturated rings. The van der Waals surface area contributed by atoms with Crippen LogP contribution in [0.3, 0.4) is 0 Å².